The van der Waals surface area contributed by atoms with Gasteiger partial charge < -0.3 is 5.32 Å². The number of nitrogens with one attached hydrogen (secondary N) is 1. The Labute approximate surface area is 81.3 Å². The van der Waals surface area contributed by atoms with Crippen molar-refractivity contribution < 1.29 is 0 Å². The van der Waals surface area contributed by atoms with Gasteiger partial charge in [0.15, 0.2) is 0 Å². The van der Waals surface area contributed by atoms with Crippen molar-refractivity contribution in [3.63, 3.8) is 0 Å². The van der Waals surface area contributed by atoms with Crippen molar-refractivity contribution in [2.75, 3.05) is 13.6 Å². The number of nitrogens with zero attached hydrogens (tertiary/aromatic N) is 2. The maximum absolute atomic E-state index is 4.38. The number of hydrogen-bond acceptors (Lipinski definition) is 2. The highest BCUT2D eigenvalue weighted by Gasteiger charge is 2.08. The normalized spacial score (nSPS) is 10.7. The van der Waals surface area contributed by atoms with Crippen LogP contribution in [0.5, 0.6) is 0 Å². The lowest BCUT2D eigenvalue weighted by Gasteiger charge is -1.95. The van der Waals surface area contributed by atoms with Crippen molar-refractivity contribution in [1.29, 1.82) is 0 Å². The van der Waals surface area contributed by atoms with Gasteiger partial charge in [0.1, 0.15) is 0 Å². The molecule has 1 N–H and O–H groups in total. The van der Waals surface area contributed by atoms with E-state index in [2.05, 4.69) is 33.3 Å². The van der Waals surface area contributed by atoms with Crippen LogP contribution in [0.15, 0.2) is 4.47 Å². The Kier molecular flexibility index (Phi) is 3.29. The van der Waals surface area contributed by atoms with E-state index >= 15 is 0 Å². The second kappa shape index (κ2) is 4.05. The minimum Gasteiger partial charge on any atom is -0.319 e. The Morgan fingerprint density at radius 2 is 2.25 bits per heavy atom. The molecule has 0 amide bonds. The highest BCUT2D eigenvalue weighted by atomic mass is 79.9. The first-order valence-corrected chi connectivity index (χ1v) is 4.78. The van der Waals surface area contributed by atoms with E-state index < -0.39 is 0 Å². The van der Waals surface area contributed by atoms with E-state index in [1.165, 1.54) is 5.69 Å². The van der Waals surface area contributed by atoms with E-state index in [4.69, 9.17) is 0 Å². The molecule has 0 aliphatic heterocycles. The number of likely N-dealkylation sites (N-methyl/N-ethyl adjacent to an activating group) is 1. The van der Waals surface area contributed by atoms with Crippen LogP contribution in [0.25, 0.3) is 0 Å². The van der Waals surface area contributed by atoms with E-state index in [0.29, 0.717) is 0 Å². The summed E-state index contributed by atoms with van der Waals surface area (Å²) in [6.45, 7) is 3.02. The first kappa shape index (κ1) is 9.74. The van der Waals surface area contributed by atoms with Crippen molar-refractivity contribution in [1.82, 2.24) is 15.1 Å². The molecule has 1 aromatic heterocycles. The van der Waals surface area contributed by atoms with Crippen LogP contribution in [0.3, 0.4) is 0 Å². The molecule has 0 aliphatic rings. The molecule has 0 aromatic carbocycles. The summed E-state index contributed by atoms with van der Waals surface area (Å²) in [5, 5.41) is 7.48. The van der Waals surface area contributed by atoms with Crippen LogP contribution in [-0.2, 0) is 13.5 Å². The zero-order valence-corrected chi connectivity index (χ0v) is 9.27. The molecule has 1 aromatic rings. The van der Waals surface area contributed by atoms with Gasteiger partial charge in [0.25, 0.3) is 0 Å². The van der Waals surface area contributed by atoms with Crippen molar-refractivity contribution in [3.8, 4) is 0 Å². The average molecular weight is 232 g/mol. The van der Waals surface area contributed by atoms with Gasteiger partial charge in [-0.25, -0.2) is 0 Å². The highest BCUT2D eigenvalue weighted by Crippen LogP contribution is 2.19. The van der Waals surface area contributed by atoms with E-state index in [0.717, 1.165) is 23.1 Å². The van der Waals surface area contributed by atoms with Gasteiger partial charge in [-0.15, -0.1) is 0 Å². The average Bonchev–Trinajstić information content (AvgIpc) is 2.30. The molecular weight excluding hydrogens is 218 g/mol. The Morgan fingerprint density at radius 3 is 2.67 bits per heavy atom. The summed E-state index contributed by atoms with van der Waals surface area (Å²) in [6.07, 6.45) is 0.971. The molecule has 1 heterocycles. The van der Waals surface area contributed by atoms with Crippen LogP contribution in [-0.4, -0.2) is 23.4 Å². The third kappa shape index (κ3) is 1.87. The van der Waals surface area contributed by atoms with Gasteiger partial charge in [0.05, 0.1) is 10.2 Å². The second-order valence-corrected chi connectivity index (χ2v) is 3.62. The van der Waals surface area contributed by atoms with Crippen LogP contribution in [0, 0.1) is 6.92 Å². The van der Waals surface area contributed by atoms with Crippen LogP contribution in [0.1, 0.15) is 11.4 Å². The largest absolute Gasteiger partial charge is 0.319 e. The zero-order chi connectivity index (χ0) is 9.14. The van der Waals surface area contributed by atoms with Crippen molar-refractivity contribution in [2.24, 2.45) is 7.05 Å². The number of halogens is 1. The summed E-state index contributed by atoms with van der Waals surface area (Å²) in [5.41, 5.74) is 2.31. The van der Waals surface area contributed by atoms with E-state index in [1.807, 2.05) is 18.8 Å². The van der Waals surface area contributed by atoms with Crippen molar-refractivity contribution in [2.45, 2.75) is 13.3 Å². The molecule has 68 valence electrons. The SMILES string of the molecule is CNCCc1nn(C)c(C)c1Br. The van der Waals surface area contributed by atoms with E-state index in [1.54, 1.807) is 0 Å². The maximum atomic E-state index is 4.38. The molecule has 0 radical (unpaired) electrons. The molecule has 0 spiro atoms. The lowest BCUT2D eigenvalue weighted by atomic mass is 10.3. The molecule has 0 aliphatic carbocycles. The van der Waals surface area contributed by atoms with Gasteiger partial charge in [-0.3, -0.25) is 4.68 Å². The molecule has 1 rings (SSSR count). The van der Waals surface area contributed by atoms with Gasteiger partial charge in [-0.2, -0.15) is 5.10 Å². The summed E-state index contributed by atoms with van der Waals surface area (Å²) in [4.78, 5) is 0. The minimum atomic E-state index is 0.967. The summed E-state index contributed by atoms with van der Waals surface area (Å²) in [6, 6.07) is 0. The molecule has 0 unspecified atom stereocenters. The molecule has 0 saturated carbocycles. The van der Waals surface area contributed by atoms with Crippen molar-refractivity contribution >= 4 is 15.9 Å². The molecule has 0 fully saturated rings. The number of aromatic nitrogens is 2. The monoisotopic (exact) mass is 231 g/mol. The Bertz CT molecular complexity index is 268. The molecule has 0 bridgehead atoms. The predicted molar refractivity (Wildman–Crippen MR) is 53.3 cm³/mol. The summed E-state index contributed by atoms with van der Waals surface area (Å²) in [5.74, 6) is 0. The van der Waals surface area contributed by atoms with Crippen LogP contribution >= 0.6 is 15.9 Å². The Hall–Kier alpha value is -0.350. The summed E-state index contributed by atoms with van der Waals surface area (Å²) < 4.78 is 3.04. The fourth-order valence-corrected chi connectivity index (χ4v) is 1.59. The zero-order valence-electron chi connectivity index (χ0n) is 7.69. The fourth-order valence-electron chi connectivity index (χ4n) is 1.05. The predicted octanol–water partition coefficient (Wildman–Crippen LogP) is 1.25. The van der Waals surface area contributed by atoms with Gasteiger partial charge >= 0.3 is 0 Å². The van der Waals surface area contributed by atoms with Gasteiger partial charge in [0.2, 0.25) is 0 Å². The highest BCUT2D eigenvalue weighted by molar-refractivity contribution is 9.10. The van der Waals surface area contributed by atoms with Crippen LogP contribution < -0.4 is 5.32 Å². The quantitative estimate of drug-likeness (QED) is 0.850. The lowest BCUT2D eigenvalue weighted by molar-refractivity contribution is 0.703. The summed E-state index contributed by atoms with van der Waals surface area (Å²) >= 11 is 3.52. The number of hydrogen-bond donors (Lipinski definition) is 1. The van der Waals surface area contributed by atoms with Crippen molar-refractivity contribution in [3.05, 3.63) is 15.9 Å². The molecule has 12 heavy (non-hydrogen) atoms. The smallest absolute Gasteiger partial charge is 0.0782 e. The second-order valence-electron chi connectivity index (χ2n) is 2.82. The minimum absolute atomic E-state index is 0.967. The van der Waals surface area contributed by atoms with Crippen LogP contribution in [0.4, 0.5) is 0 Å². The van der Waals surface area contributed by atoms with E-state index in [9.17, 15) is 0 Å². The first-order chi connectivity index (χ1) is 5.66. The third-order valence-corrected chi connectivity index (χ3v) is 2.97. The standard InChI is InChI=1S/C8H14BrN3/c1-6-8(9)7(4-5-10-2)11-12(6)3/h10H,4-5H2,1-3H3. The fraction of sp³-hybridized carbons (Fsp3) is 0.625. The third-order valence-electron chi connectivity index (χ3n) is 1.94. The molecule has 0 atom stereocenters. The van der Waals surface area contributed by atoms with Gasteiger partial charge in [-0.05, 0) is 29.9 Å². The molecular formula is C8H14BrN3. The Morgan fingerprint density at radius 1 is 1.58 bits per heavy atom. The van der Waals surface area contributed by atoms with Gasteiger partial charge in [-0.1, -0.05) is 0 Å². The molecule has 0 saturated heterocycles. The molecule has 3 nitrogen and oxygen atoms in total. The summed E-state index contributed by atoms with van der Waals surface area (Å²) in [7, 11) is 3.91. The maximum Gasteiger partial charge on any atom is 0.0782 e. The number of aryl methyl sites for hydroxylation is 1. The first-order valence-electron chi connectivity index (χ1n) is 3.99. The van der Waals surface area contributed by atoms with Gasteiger partial charge in [0, 0.05) is 25.7 Å². The molecule has 4 heteroatoms. The number of rotatable bonds is 3. The lowest BCUT2D eigenvalue weighted by Crippen LogP contribution is -2.11. The van der Waals surface area contributed by atoms with Crippen LogP contribution in [0.2, 0.25) is 0 Å². The van der Waals surface area contributed by atoms with E-state index in [-0.39, 0.29) is 0 Å². The topological polar surface area (TPSA) is 29.9 Å². The Balaban J connectivity index is 2.79.